The van der Waals surface area contributed by atoms with Crippen LogP contribution in [0.5, 0.6) is 0 Å². The van der Waals surface area contributed by atoms with E-state index in [0.29, 0.717) is 6.04 Å². The molecule has 1 aliphatic rings. The zero-order valence-corrected chi connectivity index (χ0v) is 12.8. The van der Waals surface area contributed by atoms with Crippen LogP contribution < -0.4 is 5.32 Å². The Kier molecular flexibility index (Phi) is 3.84. The van der Waals surface area contributed by atoms with Gasteiger partial charge in [-0.15, -0.1) is 0 Å². The van der Waals surface area contributed by atoms with Crippen LogP contribution in [0, 0.1) is 11.8 Å². The van der Waals surface area contributed by atoms with Crippen molar-refractivity contribution in [3.05, 3.63) is 35.5 Å². The maximum absolute atomic E-state index is 6.23. The van der Waals surface area contributed by atoms with Gasteiger partial charge in [0.1, 0.15) is 0 Å². The molecule has 3 atom stereocenters. The molecule has 1 N–H and O–H groups in total. The number of fused-ring (bicyclic) bond motifs is 1. The summed E-state index contributed by atoms with van der Waals surface area (Å²) >= 11 is 6.23. The highest BCUT2D eigenvalue weighted by Crippen LogP contribution is 2.33. The van der Waals surface area contributed by atoms with Crippen LogP contribution in [-0.2, 0) is 0 Å². The fourth-order valence-electron chi connectivity index (χ4n) is 3.16. The molecule has 106 valence electrons. The molecule has 0 bridgehead atoms. The number of nitrogens with one attached hydrogen (secondary N) is 1. The molecule has 0 aliphatic heterocycles. The fourth-order valence-corrected chi connectivity index (χ4v) is 3.39. The van der Waals surface area contributed by atoms with Crippen molar-refractivity contribution in [1.29, 1.82) is 0 Å². The van der Waals surface area contributed by atoms with Crippen molar-refractivity contribution in [2.75, 3.05) is 5.32 Å². The lowest BCUT2D eigenvalue weighted by atomic mass is 9.79. The molecule has 1 saturated carbocycles. The van der Waals surface area contributed by atoms with E-state index in [1.54, 1.807) is 0 Å². The van der Waals surface area contributed by atoms with Gasteiger partial charge in [-0.3, -0.25) is 4.98 Å². The Balaban J connectivity index is 1.87. The van der Waals surface area contributed by atoms with E-state index in [4.69, 9.17) is 11.6 Å². The van der Waals surface area contributed by atoms with Gasteiger partial charge in [-0.1, -0.05) is 31.5 Å². The van der Waals surface area contributed by atoms with Gasteiger partial charge in [0.2, 0.25) is 0 Å². The van der Waals surface area contributed by atoms with E-state index >= 15 is 0 Å². The number of aromatic nitrogens is 1. The molecular weight excluding hydrogens is 268 g/mol. The number of halogens is 1. The summed E-state index contributed by atoms with van der Waals surface area (Å²) in [5.41, 5.74) is 2.09. The molecule has 0 radical (unpaired) electrons. The van der Waals surface area contributed by atoms with Crippen molar-refractivity contribution in [2.24, 2.45) is 11.8 Å². The second kappa shape index (κ2) is 5.61. The maximum Gasteiger partial charge on any atom is 0.0934 e. The Morgan fingerprint density at radius 1 is 1.20 bits per heavy atom. The quantitative estimate of drug-likeness (QED) is 0.829. The standard InChI is InChI=1S/C17H21ClN2/c1-11-5-6-15(8-12(11)2)20-16-10-14(18)9-13-4-3-7-19-17(13)16/h3-4,7,9-12,15,20H,5-6,8H2,1-2H3. The molecule has 1 aliphatic carbocycles. The summed E-state index contributed by atoms with van der Waals surface area (Å²) in [7, 11) is 0. The van der Waals surface area contributed by atoms with Crippen LogP contribution >= 0.6 is 11.6 Å². The fraction of sp³-hybridized carbons (Fsp3) is 0.471. The van der Waals surface area contributed by atoms with Gasteiger partial charge in [-0.05, 0) is 49.3 Å². The minimum atomic E-state index is 0.532. The Labute approximate surface area is 125 Å². The molecule has 3 rings (SSSR count). The number of hydrogen-bond donors (Lipinski definition) is 1. The summed E-state index contributed by atoms with van der Waals surface area (Å²) in [6, 6.07) is 8.52. The zero-order chi connectivity index (χ0) is 14.1. The third kappa shape index (κ3) is 2.76. The number of benzene rings is 1. The summed E-state index contributed by atoms with van der Waals surface area (Å²) < 4.78 is 0. The topological polar surface area (TPSA) is 24.9 Å². The number of pyridine rings is 1. The van der Waals surface area contributed by atoms with Gasteiger partial charge in [0.15, 0.2) is 0 Å². The van der Waals surface area contributed by atoms with Crippen LogP contribution in [0.4, 0.5) is 5.69 Å². The van der Waals surface area contributed by atoms with E-state index in [2.05, 4.69) is 30.2 Å². The monoisotopic (exact) mass is 288 g/mol. The van der Waals surface area contributed by atoms with Crippen molar-refractivity contribution in [1.82, 2.24) is 4.98 Å². The first kappa shape index (κ1) is 13.7. The van der Waals surface area contributed by atoms with Crippen LogP contribution in [0.2, 0.25) is 5.02 Å². The Morgan fingerprint density at radius 2 is 2.05 bits per heavy atom. The molecule has 0 saturated heterocycles. The van der Waals surface area contributed by atoms with Crippen LogP contribution in [0.3, 0.4) is 0 Å². The predicted molar refractivity (Wildman–Crippen MR) is 86.3 cm³/mol. The van der Waals surface area contributed by atoms with Gasteiger partial charge in [0.25, 0.3) is 0 Å². The minimum Gasteiger partial charge on any atom is -0.380 e. The molecule has 1 aromatic heterocycles. The zero-order valence-electron chi connectivity index (χ0n) is 12.1. The number of hydrogen-bond acceptors (Lipinski definition) is 2. The van der Waals surface area contributed by atoms with Gasteiger partial charge >= 0.3 is 0 Å². The number of anilines is 1. The van der Waals surface area contributed by atoms with E-state index in [0.717, 1.165) is 33.4 Å². The van der Waals surface area contributed by atoms with Crippen molar-refractivity contribution >= 4 is 28.2 Å². The van der Waals surface area contributed by atoms with Gasteiger partial charge in [-0.2, -0.15) is 0 Å². The molecule has 1 fully saturated rings. The third-order valence-corrected chi connectivity index (χ3v) is 4.85. The third-order valence-electron chi connectivity index (χ3n) is 4.63. The van der Waals surface area contributed by atoms with Crippen LogP contribution in [0.1, 0.15) is 33.1 Å². The minimum absolute atomic E-state index is 0.532. The van der Waals surface area contributed by atoms with Crippen molar-refractivity contribution in [2.45, 2.75) is 39.2 Å². The van der Waals surface area contributed by atoms with E-state index < -0.39 is 0 Å². The largest absolute Gasteiger partial charge is 0.380 e. The number of rotatable bonds is 2. The average Bonchev–Trinajstić information content (AvgIpc) is 2.43. The summed E-state index contributed by atoms with van der Waals surface area (Å²) in [5.74, 6) is 1.61. The first-order valence-electron chi connectivity index (χ1n) is 7.44. The second-order valence-electron chi connectivity index (χ2n) is 6.14. The summed E-state index contributed by atoms with van der Waals surface area (Å²) in [4.78, 5) is 4.50. The molecule has 2 nitrogen and oxygen atoms in total. The normalized spacial score (nSPS) is 26.6. The summed E-state index contributed by atoms with van der Waals surface area (Å²) in [6.45, 7) is 4.71. The van der Waals surface area contributed by atoms with Crippen LogP contribution in [-0.4, -0.2) is 11.0 Å². The molecule has 0 spiro atoms. The van der Waals surface area contributed by atoms with E-state index in [1.807, 2.05) is 24.4 Å². The second-order valence-corrected chi connectivity index (χ2v) is 6.57. The van der Waals surface area contributed by atoms with Gasteiger partial charge in [-0.25, -0.2) is 0 Å². The molecular formula is C17H21ClN2. The smallest absolute Gasteiger partial charge is 0.0934 e. The van der Waals surface area contributed by atoms with Gasteiger partial charge in [0, 0.05) is 22.6 Å². The highest BCUT2D eigenvalue weighted by atomic mass is 35.5. The van der Waals surface area contributed by atoms with Gasteiger partial charge in [0.05, 0.1) is 11.2 Å². The highest BCUT2D eigenvalue weighted by molar-refractivity contribution is 6.31. The van der Waals surface area contributed by atoms with Crippen molar-refractivity contribution < 1.29 is 0 Å². The molecule has 3 unspecified atom stereocenters. The molecule has 20 heavy (non-hydrogen) atoms. The molecule has 2 aromatic rings. The average molecular weight is 289 g/mol. The first-order chi connectivity index (χ1) is 9.63. The Bertz CT molecular complexity index is 611. The lowest BCUT2D eigenvalue weighted by Crippen LogP contribution is -2.30. The Hall–Kier alpha value is -1.28. The molecule has 0 amide bonds. The van der Waals surface area contributed by atoms with Crippen molar-refractivity contribution in [3.8, 4) is 0 Å². The lowest BCUT2D eigenvalue weighted by molar-refractivity contribution is 0.261. The number of nitrogens with zero attached hydrogens (tertiary/aromatic N) is 1. The van der Waals surface area contributed by atoms with Crippen LogP contribution in [0.25, 0.3) is 10.9 Å². The van der Waals surface area contributed by atoms with Gasteiger partial charge < -0.3 is 5.32 Å². The molecule has 1 heterocycles. The molecule has 3 heteroatoms. The van der Waals surface area contributed by atoms with E-state index in [1.165, 1.54) is 19.3 Å². The van der Waals surface area contributed by atoms with E-state index in [9.17, 15) is 0 Å². The summed E-state index contributed by atoms with van der Waals surface area (Å²) in [5, 5.41) is 5.53. The van der Waals surface area contributed by atoms with Crippen LogP contribution in [0.15, 0.2) is 30.5 Å². The summed E-state index contributed by atoms with van der Waals surface area (Å²) in [6.07, 6.45) is 5.59. The first-order valence-corrected chi connectivity index (χ1v) is 7.82. The lowest BCUT2D eigenvalue weighted by Gasteiger charge is -2.33. The molecule has 1 aromatic carbocycles. The SMILES string of the molecule is CC1CCC(Nc2cc(Cl)cc3cccnc23)CC1C. The van der Waals surface area contributed by atoms with Crippen molar-refractivity contribution in [3.63, 3.8) is 0 Å². The highest BCUT2D eigenvalue weighted by Gasteiger charge is 2.24. The predicted octanol–water partition coefficient (Wildman–Crippen LogP) is 5.12. The van der Waals surface area contributed by atoms with E-state index in [-0.39, 0.29) is 0 Å². The Morgan fingerprint density at radius 3 is 2.85 bits per heavy atom. The maximum atomic E-state index is 6.23.